The Bertz CT molecular complexity index is 706. The van der Waals surface area contributed by atoms with Crippen LogP contribution in [-0.4, -0.2) is 9.97 Å². The lowest BCUT2D eigenvalue weighted by atomic mass is 10.1. The molecule has 0 saturated carbocycles. The van der Waals surface area contributed by atoms with Crippen LogP contribution in [0.5, 0.6) is 11.6 Å². The smallest absolute Gasteiger partial charge is 0.225 e. The molecule has 5 nitrogen and oxygen atoms in total. The van der Waals surface area contributed by atoms with Crippen LogP contribution >= 0.6 is 0 Å². The zero-order chi connectivity index (χ0) is 14.7. The number of nitrogens with zero attached hydrogens (tertiary/aromatic N) is 3. The molecule has 0 aliphatic heterocycles. The van der Waals surface area contributed by atoms with Crippen molar-refractivity contribution in [3.63, 3.8) is 0 Å². The minimum Gasteiger partial charge on any atom is -0.437 e. The number of rotatable bonds is 2. The molecule has 0 atom stereocenters. The molecule has 0 unspecified atom stereocenters. The first kappa shape index (κ1) is 13.4. The summed E-state index contributed by atoms with van der Waals surface area (Å²) in [6.07, 6.45) is 6.87. The summed E-state index contributed by atoms with van der Waals surface area (Å²) in [5, 5.41) is 9.19. The van der Waals surface area contributed by atoms with E-state index in [1.165, 1.54) is 12.7 Å². The molecule has 21 heavy (non-hydrogen) atoms. The summed E-state index contributed by atoms with van der Waals surface area (Å²) in [4.78, 5) is 8.61. The molecule has 1 aromatic carbocycles. The molecule has 2 aromatic rings. The van der Waals surface area contributed by atoms with Gasteiger partial charge in [0, 0.05) is 11.3 Å². The maximum atomic E-state index is 9.19. The molecule has 0 bridgehead atoms. The van der Waals surface area contributed by atoms with Crippen molar-refractivity contribution in [1.29, 1.82) is 5.26 Å². The van der Waals surface area contributed by atoms with E-state index >= 15 is 0 Å². The zero-order valence-electron chi connectivity index (χ0n) is 11.7. The second-order valence-corrected chi connectivity index (χ2v) is 5.13. The molecule has 0 radical (unpaired) electrons. The standard InChI is InChI=1S/C16H16N4O/c17-9-11-8-12(18)6-7-15(11)21-16-13-4-2-1-3-5-14(13)19-10-20-16/h6-8,10H,1-5,18H2. The number of hydrogen-bond donors (Lipinski definition) is 1. The normalized spacial score (nSPS) is 13.9. The maximum absolute atomic E-state index is 9.19. The Hall–Kier alpha value is -2.61. The van der Waals surface area contributed by atoms with E-state index in [0.29, 0.717) is 22.9 Å². The Morgan fingerprint density at radius 1 is 1.14 bits per heavy atom. The fourth-order valence-corrected chi connectivity index (χ4v) is 2.58. The van der Waals surface area contributed by atoms with Crippen molar-refractivity contribution in [1.82, 2.24) is 9.97 Å². The molecular formula is C16H16N4O. The number of nitriles is 1. The third-order valence-corrected chi connectivity index (χ3v) is 3.67. The van der Waals surface area contributed by atoms with Crippen molar-refractivity contribution in [2.75, 3.05) is 5.73 Å². The molecule has 2 N–H and O–H groups in total. The first-order valence-electron chi connectivity index (χ1n) is 7.08. The Morgan fingerprint density at radius 2 is 2.00 bits per heavy atom. The summed E-state index contributed by atoms with van der Waals surface area (Å²) in [6.45, 7) is 0. The van der Waals surface area contributed by atoms with Crippen molar-refractivity contribution in [2.45, 2.75) is 32.1 Å². The third-order valence-electron chi connectivity index (χ3n) is 3.67. The number of benzene rings is 1. The lowest BCUT2D eigenvalue weighted by molar-refractivity contribution is 0.451. The van der Waals surface area contributed by atoms with E-state index < -0.39 is 0 Å². The van der Waals surface area contributed by atoms with Gasteiger partial charge in [0.05, 0.1) is 11.3 Å². The Kier molecular flexibility index (Phi) is 3.69. The summed E-state index contributed by atoms with van der Waals surface area (Å²) in [5.74, 6) is 1.04. The van der Waals surface area contributed by atoms with Crippen LogP contribution in [0.4, 0.5) is 5.69 Å². The zero-order valence-corrected chi connectivity index (χ0v) is 11.7. The van der Waals surface area contributed by atoms with Gasteiger partial charge in [-0.25, -0.2) is 9.97 Å². The molecule has 3 rings (SSSR count). The van der Waals surface area contributed by atoms with Crippen molar-refractivity contribution >= 4 is 5.69 Å². The van der Waals surface area contributed by atoms with Crippen molar-refractivity contribution in [2.24, 2.45) is 0 Å². The van der Waals surface area contributed by atoms with E-state index in [1.807, 2.05) is 0 Å². The number of aromatic nitrogens is 2. The minimum absolute atomic E-state index is 0.413. The molecule has 1 aliphatic rings. The molecule has 0 saturated heterocycles. The molecule has 0 amide bonds. The van der Waals surface area contributed by atoms with Crippen LogP contribution in [0.2, 0.25) is 0 Å². The van der Waals surface area contributed by atoms with Crippen LogP contribution in [0, 0.1) is 11.3 Å². The van der Waals surface area contributed by atoms with Crippen molar-refractivity contribution in [3.05, 3.63) is 41.3 Å². The quantitative estimate of drug-likeness (QED) is 0.675. The summed E-state index contributed by atoms with van der Waals surface area (Å²) in [5.41, 5.74) is 8.78. The van der Waals surface area contributed by atoms with Gasteiger partial charge in [0.25, 0.3) is 0 Å². The fraction of sp³-hybridized carbons (Fsp3) is 0.312. The highest BCUT2D eigenvalue weighted by Crippen LogP contribution is 2.31. The lowest BCUT2D eigenvalue weighted by Gasteiger charge is -2.12. The molecule has 5 heteroatoms. The number of hydrogen-bond acceptors (Lipinski definition) is 5. The van der Waals surface area contributed by atoms with E-state index in [0.717, 1.165) is 36.9 Å². The van der Waals surface area contributed by atoms with Crippen LogP contribution in [0.25, 0.3) is 0 Å². The number of aryl methyl sites for hydroxylation is 1. The number of nitrogen functional groups attached to an aromatic ring is 1. The number of ether oxygens (including phenoxy) is 1. The van der Waals surface area contributed by atoms with Crippen molar-refractivity contribution in [3.8, 4) is 17.7 Å². The molecule has 1 aliphatic carbocycles. The van der Waals surface area contributed by atoms with E-state index in [4.69, 9.17) is 10.5 Å². The Labute approximate surface area is 123 Å². The first-order valence-corrected chi connectivity index (χ1v) is 7.08. The predicted molar refractivity (Wildman–Crippen MR) is 78.9 cm³/mol. The van der Waals surface area contributed by atoms with Crippen LogP contribution in [0.1, 0.15) is 36.1 Å². The summed E-state index contributed by atoms with van der Waals surface area (Å²) in [6, 6.07) is 7.13. The van der Waals surface area contributed by atoms with Crippen LogP contribution in [-0.2, 0) is 12.8 Å². The second kappa shape index (κ2) is 5.80. The molecule has 1 heterocycles. The molecular weight excluding hydrogens is 264 g/mol. The van der Waals surface area contributed by atoms with Crippen LogP contribution < -0.4 is 10.5 Å². The average Bonchev–Trinajstić information content (AvgIpc) is 2.75. The monoisotopic (exact) mass is 280 g/mol. The van der Waals surface area contributed by atoms with Gasteiger partial charge in [-0.3, -0.25) is 0 Å². The Morgan fingerprint density at radius 3 is 2.86 bits per heavy atom. The highest BCUT2D eigenvalue weighted by atomic mass is 16.5. The third kappa shape index (κ3) is 2.79. The van der Waals surface area contributed by atoms with E-state index in [-0.39, 0.29) is 0 Å². The Balaban J connectivity index is 1.98. The number of nitrogens with two attached hydrogens (primary N) is 1. The van der Waals surface area contributed by atoms with Gasteiger partial charge < -0.3 is 10.5 Å². The van der Waals surface area contributed by atoms with Gasteiger partial charge in [0.15, 0.2) is 0 Å². The van der Waals surface area contributed by atoms with Crippen LogP contribution in [0.3, 0.4) is 0 Å². The fourth-order valence-electron chi connectivity index (χ4n) is 2.58. The van der Waals surface area contributed by atoms with E-state index in [9.17, 15) is 5.26 Å². The van der Waals surface area contributed by atoms with Gasteiger partial charge in [-0.2, -0.15) is 5.26 Å². The first-order chi connectivity index (χ1) is 10.3. The molecule has 106 valence electrons. The van der Waals surface area contributed by atoms with E-state index in [1.54, 1.807) is 18.2 Å². The van der Waals surface area contributed by atoms with Crippen molar-refractivity contribution < 1.29 is 4.74 Å². The summed E-state index contributed by atoms with van der Waals surface area (Å²) < 4.78 is 5.88. The SMILES string of the molecule is N#Cc1cc(N)ccc1Oc1ncnc2c1CCCCC2. The largest absolute Gasteiger partial charge is 0.437 e. The number of fused-ring (bicyclic) bond motifs is 1. The molecule has 1 aromatic heterocycles. The highest BCUT2D eigenvalue weighted by molar-refractivity contribution is 5.54. The molecule has 0 fully saturated rings. The predicted octanol–water partition coefficient (Wildman–Crippen LogP) is 2.99. The minimum atomic E-state index is 0.413. The van der Waals surface area contributed by atoms with Gasteiger partial charge in [0.2, 0.25) is 5.88 Å². The summed E-state index contributed by atoms with van der Waals surface area (Å²) >= 11 is 0. The average molecular weight is 280 g/mol. The lowest BCUT2D eigenvalue weighted by Crippen LogP contribution is -2.02. The molecule has 0 spiro atoms. The maximum Gasteiger partial charge on any atom is 0.225 e. The van der Waals surface area contributed by atoms with Crippen LogP contribution in [0.15, 0.2) is 24.5 Å². The van der Waals surface area contributed by atoms with E-state index in [2.05, 4.69) is 16.0 Å². The number of anilines is 1. The topological polar surface area (TPSA) is 84.8 Å². The second-order valence-electron chi connectivity index (χ2n) is 5.13. The van der Waals surface area contributed by atoms with Gasteiger partial charge >= 0.3 is 0 Å². The van der Waals surface area contributed by atoms with Gasteiger partial charge in [-0.05, 0) is 43.9 Å². The highest BCUT2D eigenvalue weighted by Gasteiger charge is 2.17. The van der Waals surface area contributed by atoms with Gasteiger partial charge in [-0.1, -0.05) is 6.42 Å². The summed E-state index contributed by atoms with van der Waals surface area (Å²) in [7, 11) is 0. The van der Waals surface area contributed by atoms with Gasteiger partial charge in [-0.15, -0.1) is 0 Å². The van der Waals surface area contributed by atoms with Gasteiger partial charge in [0.1, 0.15) is 18.1 Å².